The molecule has 1 heterocycles. The molecule has 90 valence electrons. The van der Waals surface area contributed by atoms with Crippen LogP contribution in [-0.4, -0.2) is 26.4 Å². The van der Waals surface area contributed by atoms with Crippen molar-refractivity contribution in [2.24, 2.45) is 5.92 Å². The summed E-state index contributed by atoms with van der Waals surface area (Å²) in [6.07, 6.45) is 4.68. The van der Waals surface area contributed by atoms with Crippen molar-refractivity contribution in [1.29, 1.82) is 0 Å². The van der Waals surface area contributed by atoms with Crippen LogP contribution in [0.25, 0.3) is 0 Å². The summed E-state index contributed by atoms with van der Waals surface area (Å²) < 4.78 is 2.08. The third-order valence-corrected chi connectivity index (χ3v) is 3.47. The molecule has 0 amide bonds. The van der Waals surface area contributed by atoms with Crippen molar-refractivity contribution in [2.75, 3.05) is 5.75 Å². The number of hydrogen-bond donors (Lipinski definition) is 1. The van der Waals surface area contributed by atoms with Crippen LogP contribution in [0, 0.1) is 5.92 Å². The van der Waals surface area contributed by atoms with Crippen molar-refractivity contribution < 1.29 is 9.90 Å². The maximum absolute atomic E-state index is 10.5. The molecule has 0 aromatic carbocycles. The summed E-state index contributed by atoms with van der Waals surface area (Å²) in [6, 6.07) is 0.388. The van der Waals surface area contributed by atoms with Gasteiger partial charge in [-0.25, -0.2) is 4.98 Å². The van der Waals surface area contributed by atoms with Crippen molar-refractivity contribution in [3.8, 4) is 0 Å². The summed E-state index contributed by atoms with van der Waals surface area (Å²) in [6.45, 7) is 6.47. The van der Waals surface area contributed by atoms with Gasteiger partial charge in [0, 0.05) is 18.4 Å². The third kappa shape index (κ3) is 3.27. The second-order valence-electron chi connectivity index (χ2n) is 4.02. The first-order valence-corrected chi connectivity index (χ1v) is 6.42. The lowest BCUT2D eigenvalue weighted by Crippen LogP contribution is -2.15. The van der Waals surface area contributed by atoms with Crippen LogP contribution >= 0.6 is 11.8 Å². The largest absolute Gasteiger partial charge is 0.481 e. The normalized spacial score (nSPS) is 13.0. The van der Waals surface area contributed by atoms with Crippen molar-refractivity contribution in [2.45, 2.75) is 38.4 Å². The summed E-state index contributed by atoms with van der Waals surface area (Å²) in [5.41, 5.74) is 0. The fourth-order valence-corrected chi connectivity index (χ4v) is 2.51. The van der Waals surface area contributed by atoms with Crippen LogP contribution in [0.2, 0.25) is 0 Å². The maximum Gasteiger partial charge on any atom is 0.313 e. The highest BCUT2D eigenvalue weighted by molar-refractivity contribution is 7.99. The molecule has 1 aromatic heterocycles. The predicted molar refractivity (Wildman–Crippen MR) is 64.8 cm³/mol. The van der Waals surface area contributed by atoms with E-state index in [0.717, 1.165) is 11.6 Å². The van der Waals surface area contributed by atoms with E-state index in [-0.39, 0.29) is 5.75 Å². The number of aliphatic carboxylic acids is 1. The molecule has 0 bridgehead atoms. The van der Waals surface area contributed by atoms with Gasteiger partial charge < -0.3 is 9.67 Å². The minimum Gasteiger partial charge on any atom is -0.481 e. The van der Waals surface area contributed by atoms with E-state index < -0.39 is 5.97 Å². The number of carboxylic acid groups (broad SMARTS) is 1. The molecule has 0 aliphatic carbocycles. The Hall–Kier alpha value is -0.970. The summed E-state index contributed by atoms with van der Waals surface area (Å²) in [5.74, 6) is -0.230. The topological polar surface area (TPSA) is 55.1 Å². The molecule has 1 N–H and O–H groups in total. The Kier molecular flexibility index (Phi) is 4.86. The molecule has 0 saturated carbocycles. The van der Waals surface area contributed by atoms with Gasteiger partial charge in [0.15, 0.2) is 5.16 Å². The Bertz CT molecular complexity index is 350. The van der Waals surface area contributed by atoms with Crippen LogP contribution in [0.5, 0.6) is 0 Å². The fourth-order valence-electron chi connectivity index (χ4n) is 1.78. The van der Waals surface area contributed by atoms with E-state index in [9.17, 15) is 4.79 Å². The molecular formula is C11H18N2O2S. The predicted octanol–water partition coefficient (Wildman–Crippen LogP) is 2.67. The quantitative estimate of drug-likeness (QED) is 0.779. The van der Waals surface area contributed by atoms with E-state index in [1.54, 1.807) is 6.20 Å². The van der Waals surface area contributed by atoms with Gasteiger partial charge in [0.05, 0.1) is 5.75 Å². The number of carbonyl (C=O) groups is 1. The molecule has 0 aliphatic heterocycles. The molecule has 0 aliphatic rings. The molecule has 4 nitrogen and oxygen atoms in total. The summed E-state index contributed by atoms with van der Waals surface area (Å²) in [5, 5.41) is 9.44. The van der Waals surface area contributed by atoms with Crippen molar-refractivity contribution >= 4 is 17.7 Å². The van der Waals surface area contributed by atoms with Crippen LogP contribution in [-0.2, 0) is 4.79 Å². The van der Waals surface area contributed by atoms with Gasteiger partial charge in [-0.2, -0.15) is 0 Å². The molecule has 1 aromatic rings. The zero-order chi connectivity index (χ0) is 12.1. The fraction of sp³-hybridized carbons (Fsp3) is 0.636. The lowest BCUT2D eigenvalue weighted by atomic mass is 10.0. The molecule has 0 radical (unpaired) electrons. The number of nitrogens with zero attached hydrogens (tertiary/aromatic N) is 2. The number of imidazole rings is 1. The Balaban J connectivity index is 2.79. The molecular weight excluding hydrogens is 224 g/mol. The number of thioether (sulfide) groups is 1. The Labute approximate surface area is 100 Å². The zero-order valence-corrected chi connectivity index (χ0v) is 10.7. The van der Waals surface area contributed by atoms with Gasteiger partial charge in [0.2, 0.25) is 0 Å². The molecule has 0 fully saturated rings. The number of carboxylic acids is 1. The number of rotatable bonds is 6. The standard InChI is InChI=1S/C11H18N2O2S/c1-4-9(8(2)3)13-6-5-12-11(13)16-7-10(14)15/h5-6,8-9H,4,7H2,1-3H3,(H,14,15). The Morgan fingerprint density at radius 1 is 1.62 bits per heavy atom. The van der Waals surface area contributed by atoms with Gasteiger partial charge >= 0.3 is 5.97 Å². The lowest BCUT2D eigenvalue weighted by Gasteiger charge is -2.22. The van der Waals surface area contributed by atoms with E-state index in [2.05, 4.69) is 30.3 Å². The smallest absolute Gasteiger partial charge is 0.313 e. The first-order valence-electron chi connectivity index (χ1n) is 5.43. The van der Waals surface area contributed by atoms with E-state index in [1.165, 1.54) is 11.8 Å². The van der Waals surface area contributed by atoms with Gasteiger partial charge in [-0.3, -0.25) is 4.79 Å². The van der Waals surface area contributed by atoms with Gasteiger partial charge in [-0.1, -0.05) is 32.5 Å². The highest BCUT2D eigenvalue weighted by atomic mass is 32.2. The van der Waals surface area contributed by atoms with Crippen LogP contribution in [0.3, 0.4) is 0 Å². The minimum absolute atomic E-state index is 0.0611. The third-order valence-electron chi connectivity index (χ3n) is 2.50. The number of aromatic nitrogens is 2. The van der Waals surface area contributed by atoms with Crippen LogP contribution < -0.4 is 0 Å². The second kappa shape index (κ2) is 5.94. The van der Waals surface area contributed by atoms with Gasteiger partial charge in [0.25, 0.3) is 0 Å². The van der Waals surface area contributed by atoms with Crippen LogP contribution in [0.1, 0.15) is 33.2 Å². The summed E-state index contributed by atoms with van der Waals surface area (Å²) in [7, 11) is 0. The lowest BCUT2D eigenvalue weighted by molar-refractivity contribution is -0.133. The van der Waals surface area contributed by atoms with Crippen molar-refractivity contribution in [1.82, 2.24) is 9.55 Å². The summed E-state index contributed by atoms with van der Waals surface area (Å²) >= 11 is 1.28. The monoisotopic (exact) mass is 242 g/mol. The van der Waals surface area contributed by atoms with Gasteiger partial charge in [-0.05, 0) is 12.3 Å². The van der Waals surface area contributed by atoms with E-state index in [4.69, 9.17) is 5.11 Å². The number of hydrogen-bond acceptors (Lipinski definition) is 3. The maximum atomic E-state index is 10.5. The van der Waals surface area contributed by atoms with Gasteiger partial charge in [-0.15, -0.1) is 0 Å². The molecule has 0 spiro atoms. The van der Waals surface area contributed by atoms with Crippen LogP contribution in [0.4, 0.5) is 0 Å². The second-order valence-corrected chi connectivity index (χ2v) is 4.96. The molecule has 16 heavy (non-hydrogen) atoms. The van der Waals surface area contributed by atoms with E-state index in [0.29, 0.717) is 12.0 Å². The minimum atomic E-state index is -0.808. The van der Waals surface area contributed by atoms with Crippen molar-refractivity contribution in [3.05, 3.63) is 12.4 Å². The molecule has 5 heteroatoms. The zero-order valence-electron chi connectivity index (χ0n) is 9.88. The molecule has 1 atom stereocenters. The average molecular weight is 242 g/mol. The van der Waals surface area contributed by atoms with Crippen molar-refractivity contribution in [3.63, 3.8) is 0 Å². The average Bonchev–Trinajstić information content (AvgIpc) is 2.63. The highest BCUT2D eigenvalue weighted by Gasteiger charge is 2.17. The van der Waals surface area contributed by atoms with Crippen LogP contribution in [0.15, 0.2) is 17.6 Å². The van der Waals surface area contributed by atoms with E-state index >= 15 is 0 Å². The van der Waals surface area contributed by atoms with Gasteiger partial charge in [0.1, 0.15) is 0 Å². The first kappa shape index (κ1) is 13.1. The van der Waals surface area contributed by atoms with E-state index in [1.807, 2.05) is 6.20 Å². The molecule has 1 rings (SSSR count). The SMILES string of the molecule is CCC(C(C)C)n1ccnc1SCC(=O)O. The Morgan fingerprint density at radius 3 is 2.81 bits per heavy atom. The Morgan fingerprint density at radius 2 is 2.31 bits per heavy atom. The first-order chi connectivity index (χ1) is 7.56. The highest BCUT2D eigenvalue weighted by Crippen LogP contribution is 2.27. The molecule has 0 saturated heterocycles. The summed E-state index contributed by atoms with van der Waals surface area (Å²) in [4.78, 5) is 14.7. The molecule has 1 unspecified atom stereocenters.